The fraction of sp³-hybridized carbons (Fsp3) is 0.261. The summed E-state index contributed by atoms with van der Waals surface area (Å²) in [6.07, 6.45) is 5.54. The zero-order valence-corrected chi connectivity index (χ0v) is 17.3. The van der Waals surface area contributed by atoms with Crippen LogP contribution in [0.1, 0.15) is 0 Å². The zero-order chi connectivity index (χ0) is 21.2. The van der Waals surface area contributed by atoms with E-state index in [1.165, 1.54) is 0 Å². The first-order chi connectivity index (χ1) is 15.2. The largest absolute Gasteiger partial charge is 0.484 e. The van der Waals surface area contributed by atoms with Gasteiger partial charge in [0, 0.05) is 43.8 Å². The van der Waals surface area contributed by atoms with Crippen molar-refractivity contribution < 1.29 is 14.3 Å². The van der Waals surface area contributed by atoms with Crippen molar-refractivity contribution in [2.75, 3.05) is 32.9 Å². The Kier molecular flexibility index (Phi) is 5.13. The van der Waals surface area contributed by atoms with Gasteiger partial charge in [-0.25, -0.2) is 9.97 Å². The number of aromatic nitrogens is 4. The highest BCUT2D eigenvalue weighted by Gasteiger charge is 2.17. The molecule has 0 aliphatic carbocycles. The van der Waals surface area contributed by atoms with Crippen LogP contribution in [0.15, 0.2) is 61.2 Å². The summed E-state index contributed by atoms with van der Waals surface area (Å²) in [6.45, 7) is 2.43. The lowest BCUT2D eigenvalue weighted by Crippen LogP contribution is -2.42. The lowest BCUT2D eigenvalue weighted by Gasteiger charge is -2.26. The minimum Gasteiger partial charge on any atom is -0.484 e. The number of amides is 1. The Labute approximate surface area is 179 Å². The molecule has 0 saturated carbocycles. The van der Waals surface area contributed by atoms with E-state index < -0.39 is 0 Å². The van der Waals surface area contributed by atoms with Gasteiger partial charge in [0.15, 0.2) is 6.61 Å². The minimum absolute atomic E-state index is 0.0199. The van der Waals surface area contributed by atoms with E-state index in [1.54, 1.807) is 11.1 Å². The topological polar surface area (TPSA) is 74.4 Å². The number of carbonyl (C=O) groups excluding carboxylic acids is 1. The normalized spacial score (nSPS) is 14.2. The van der Waals surface area contributed by atoms with Crippen molar-refractivity contribution in [2.45, 2.75) is 0 Å². The number of rotatable bonds is 5. The molecule has 0 N–H and O–H groups in total. The Bertz CT molecular complexity index is 1210. The molecule has 2 aromatic carbocycles. The second-order valence-corrected chi connectivity index (χ2v) is 7.46. The van der Waals surface area contributed by atoms with Crippen LogP contribution in [0.2, 0.25) is 0 Å². The van der Waals surface area contributed by atoms with Crippen LogP contribution >= 0.6 is 0 Å². The van der Waals surface area contributed by atoms with Crippen LogP contribution in [0.25, 0.3) is 28.1 Å². The molecule has 0 bridgehead atoms. The van der Waals surface area contributed by atoms with Crippen LogP contribution in [0.4, 0.5) is 0 Å². The lowest BCUT2D eigenvalue weighted by atomic mass is 10.2. The van der Waals surface area contributed by atoms with E-state index in [2.05, 4.69) is 16.0 Å². The quantitative estimate of drug-likeness (QED) is 0.499. The summed E-state index contributed by atoms with van der Waals surface area (Å²) in [4.78, 5) is 22.9. The van der Waals surface area contributed by atoms with E-state index in [9.17, 15) is 4.79 Å². The molecule has 0 radical (unpaired) electrons. The Morgan fingerprint density at radius 2 is 1.90 bits per heavy atom. The van der Waals surface area contributed by atoms with E-state index in [0.29, 0.717) is 32.1 Å². The number of benzene rings is 2. The number of carbonyl (C=O) groups is 1. The number of morpholine rings is 1. The van der Waals surface area contributed by atoms with Gasteiger partial charge in [0.05, 0.1) is 30.6 Å². The van der Waals surface area contributed by atoms with E-state index in [4.69, 9.17) is 9.47 Å². The third kappa shape index (κ3) is 3.89. The molecule has 8 nitrogen and oxygen atoms in total. The van der Waals surface area contributed by atoms with Gasteiger partial charge in [-0.2, -0.15) is 0 Å². The van der Waals surface area contributed by atoms with Crippen LogP contribution in [0.3, 0.4) is 0 Å². The van der Waals surface area contributed by atoms with Crippen LogP contribution in [-0.2, 0) is 16.6 Å². The lowest BCUT2D eigenvalue weighted by molar-refractivity contribution is -0.137. The molecule has 31 heavy (non-hydrogen) atoms. The van der Waals surface area contributed by atoms with Crippen LogP contribution in [0, 0.1) is 0 Å². The monoisotopic (exact) mass is 417 g/mol. The number of ether oxygens (including phenoxy) is 2. The highest BCUT2D eigenvalue weighted by Crippen LogP contribution is 2.25. The van der Waals surface area contributed by atoms with E-state index in [0.717, 1.165) is 28.1 Å². The van der Waals surface area contributed by atoms with Gasteiger partial charge in [-0.05, 0) is 42.5 Å². The van der Waals surface area contributed by atoms with E-state index in [1.807, 2.05) is 65.1 Å². The Morgan fingerprint density at radius 3 is 2.71 bits per heavy atom. The van der Waals surface area contributed by atoms with Gasteiger partial charge in [-0.1, -0.05) is 0 Å². The molecule has 1 aliphatic rings. The first-order valence-corrected chi connectivity index (χ1v) is 10.2. The van der Waals surface area contributed by atoms with Crippen molar-refractivity contribution in [1.29, 1.82) is 0 Å². The Morgan fingerprint density at radius 1 is 1.10 bits per heavy atom. The molecule has 8 heteroatoms. The first-order valence-electron chi connectivity index (χ1n) is 10.2. The van der Waals surface area contributed by atoms with Crippen LogP contribution < -0.4 is 4.74 Å². The van der Waals surface area contributed by atoms with Gasteiger partial charge in [-0.15, -0.1) is 0 Å². The number of aryl methyl sites for hydroxylation is 1. The van der Waals surface area contributed by atoms with Gasteiger partial charge in [0.25, 0.3) is 5.91 Å². The molecular weight excluding hydrogens is 394 g/mol. The number of hydrogen-bond donors (Lipinski definition) is 0. The van der Waals surface area contributed by atoms with Crippen LogP contribution in [-0.4, -0.2) is 62.8 Å². The maximum atomic E-state index is 12.3. The van der Waals surface area contributed by atoms with Crippen molar-refractivity contribution in [3.05, 3.63) is 61.2 Å². The molecule has 1 saturated heterocycles. The number of imidazole rings is 2. The van der Waals surface area contributed by atoms with Crippen molar-refractivity contribution in [1.82, 2.24) is 24.0 Å². The standard InChI is InChI=1S/C23H23N5O3/c1-26-16-25-20-7-4-18(14-21(20)26)28-9-8-24-23(28)17-2-5-19(6-3-17)31-15-22(29)27-10-12-30-13-11-27/h2-9,14,16H,10-13,15H2,1H3. The summed E-state index contributed by atoms with van der Waals surface area (Å²) in [6, 6.07) is 13.8. The minimum atomic E-state index is -0.0199. The van der Waals surface area contributed by atoms with Gasteiger partial charge in [-0.3, -0.25) is 9.36 Å². The molecule has 4 aromatic rings. The second-order valence-electron chi connectivity index (χ2n) is 7.46. The number of hydrogen-bond acceptors (Lipinski definition) is 5. The molecule has 0 spiro atoms. The third-order valence-electron chi connectivity index (χ3n) is 5.47. The first kappa shape index (κ1) is 19.3. The third-order valence-corrected chi connectivity index (χ3v) is 5.47. The SMILES string of the molecule is Cn1cnc2ccc(-n3ccnc3-c3ccc(OCC(=O)N4CCOCC4)cc3)cc21. The summed E-state index contributed by atoms with van der Waals surface area (Å²) in [5.74, 6) is 1.46. The van der Waals surface area contributed by atoms with Gasteiger partial charge >= 0.3 is 0 Å². The predicted octanol–water partition coefficient (Wildman–Crippen LogP) is 2.66. The molecule has 1 amide bonds. The van der Waals surface area contributed by atoms with Crippen molar-refractivity contribution in [2.24, 2.45) is 7.05 Å². The molecule has 5 rings (SSSR count). The Hall–Kier alpha value is -3.65. The van der Waals surface area contributed by atoms with E-state index in [-0.39, 0.29) is 12.5 Å². The van der Waals surface area contributed by atoms with E-state index >= 15 is 0 Å². The molecule has 0 unspecified atom stereocenters. The second kappa shape index (κ2) is 8.23. The summed E-state index contributed by atoms with van der Waals surface area (Å²) in [5.41, 5.74) is 3.99. The molecule has 158 valence electrons. The molecular formula is C23H23N5O3. The smallest absolute Gasteiger partial charge is 0.260 e. The average molecular weight is 417 g/mol. The summed E-state index contributed by atoms with van der Waals surface area (Å²) >= 11 is 0. The fourth-order valence-electron chi connectivity index (χ4n) is 3.74. The van der Waals surface area contributed by atoms with Crippen molar-refractivity contribution in [3.8, 4) is 22.8 Å². The Balaban J connectivity index is 1.32. The molecule has 2 aromatic heterocycles. The van der Waals surface area contributed by atoms with Crippen LogP contribution in [0.5, 0.6) is 5.75 Å². The number of nitrogens with zero attached hydrogens (tertiary/aromatic N) is 5. The van der Waals surface area contributed by atoms with Gasteiger partial charge in [0.1, 0.15) is 11.6 Å². The molecule has 1 fully saturated rings. The summed E-state index contributed by atoms with van der Waals surface area (Å²) in [5, 5.41) is 0. The summed E-state index contributed by atoms with van der Waals surface area (Å²) in [7, 11) is 1.98. The summed E-state index contributed by atoms with van der Waals surface area (Å²) < 4.78 is 15.0. The average Bonchev–Trinajstić information content (AvgIpc) is 3.45. The highest BCUT2D eigenvalue weighted by molar-refractivity contribution is 5.79. The van der Waals surface area contributed by atoms with Gasteiger partial charge in [0.2, 0.25) is 0 Å². The maximum absolute atomic E-state index is 12.3. The highest BCUT2D eigenvalue weighted by atomic mass is 16.5. The zero-order valence-electron chi connectivity index (χ0n) is 17.3. The van der Waals surface area contributed by atoms with Gasteiger partial charge < -0.3 is 18.9 Å². The molecule has 3 heterocycles. The molecule has 0 atom stereocenters. The molecule has 1 aliphatic heterocycles. The maximum Gasteiger partial charge on any atom is 0.260 e. The van der Waals surface area contributed by atoms with Crippen molar-refractivity contribution >= 4 is 16.9 Å². The number of fused-ring (bicyclic) bond motifs is 1. The predicted molar refractivity (Wildman–Crippen MR) is 116 cm³/mol. The fourth-order valence-corrected chi connectivity index (χ4v) is 3.74. The van der Waals surface area contributed by atoms with Crippen molar-refractivity contribution in [3.63, 3.8) is 0 Å².